The number of carboxylic acids is 1. The summed E-state index contributed by atoms with van der Waals surface area (Å²) < 4.78 is 10.7. The topological polar surface area (TPSA) is 83.2 Å². The van der Waals surface area contributed by atoms with Gasteiger partial charge in [-0.1, -0.05) is 0 Å². The van der Waals surface area contributed by atoms with Gasteiger partial charge in [-0.25, -0.2) is 0 Å². The second-order valence-corrected chi connectivity index (χ2v) is 5.83. The van der Waals surface area contributed by atoms with Gasteiger partial charge in [-0.15, -0.1) is 0 Å². The smallest absolute Gasteiger partial charge is 0.326 e. The highest BCUT2D eigenvalue weighted by molar-refractivity contribution is 5.91. The van der Waals surface area contributed by atoms with Crippen molar-refractivity contribution < 1.29 is 23.8 Å². The minimum atomic E-state index is -0.934. The number of aryl methyl sites for hydroxylation is 1. The van der Waals surface area contributed by atoms with Crippen LogP contribution in [-0.2, 0) is 9.53 Å². The summed E-state index contributed by atoms with van der Waals surface area (Å²) in [5, 5.41) is 9.55. The summed E-state index contributed by atoms with van der Waals surface area (Å²) in [5.41, 5.74) is -0.934. The number of carbonyl (C=O) groups is 2. The van der Waals surface area contributed by atoms with E-state index in [1.165, 1.54) is 0 Å². The number of amides is 1. The van der Waals surface area contributed by atoms with Gasteiger partial charge in [-0.05, 0) is 19.1 Å². The molecule has 2 aliphatic heterocycles. The SMILES string of the molecule is Cc1ccc(C(=O)N2CCN(C3(C(=O)O)CCOC3)CC2)o1. The number of hydrogen-bond acceptors (Lipinski definition) is 5. The predicted octanol–water partition coefficient (Wildman–Crippen LogP) is 0.590. The number of carbonyl (C=O) groups excluding carboxylic acids is 1. The van der Waals surface area contributed by atoms with Crippen molar-refractivity contribution in [2.45, 2.75) is 18.9 Å². The highest BCUT2D eigenvalue weighted by Gasteiger charge is 2.48. The number of ether oxygens (including phenoxy) is 1. The van der Waals surface area contributed by atoms with Crippen LogP contribution in [0.15, 0.2) is 16.5 Å². The minimum absolute atomic E-state index is 0.139. The van der Waals surface area contributed by atoms with Gasteiger partial charge in [0, 0.05) is 39.2 Å². The summed E-state index contributed by atoms with van der Waals surface area (Å²) in [4.78, 5) is 27.6. The van der Waals surface area contributed by atoms with Gasteiger partial charge in [0.05, 0.1) is 6.61 Å². The number of rotatable bonds is 3. The molecule has 0 aromatic carbocycles. The van der Waals surface area contributed by atoms with E-state index in [2.05, 4.69) is 0 Å². The van der Waals surface area contributed by atoms with Crippen molar-refractivity contribution in [3.05, 3.63) is 23.7 Å². The van der Waals surface area contributed by atoms with Crippen LogP contribution in [0.4, 0.5) is 0 Å². The van der Waals surface area contributed by atoms with Gasteiger partial charge in [-0.3, -0.25) is 14.5 Å². The van der Waals surface area contributed by atoms with Crippen LogP contribution in [0.25, 0.3) is 0 Å². The maximum absolute atomic E-state index is 12.3. The Hall–Kier alpha value is -1.86. The van der Waals surface area contributed by atoms with E-state index in [0.717, 1.165) is 0 Å². The molecule has 1 aromatic rings. The Kier molecular flexibility index (Phi) is 3.92. The van der Waals surface area contributed by atoms with E-state index >= 15 is 0 Å². The van der Waals surface area contributed by atoms with E-state index in [0.29, 0.717) is 50.7 Å². The molecule has 120 valence electrons. The van der Waals surface area contributed by atoms with Crippen LogP contribution in [0.2, 0.25) is 0 Å². The van der Waals surface area contributed by atoms with Crippen molar-refractivity contribution in [3.8, 4) is 0 Å². The maximum atomic E-state index is 12.3. The molecule has 3 heterocycles. The van der Waals surface area contributed by atoms with E-state index < -0.39 is 11.5 Å². The highest BCUT2D eigenvalue weighted by Crippen LogP contribution is 2.28. The fourth-order valence-electron chi connectivity index (χ4n) is 3.15. The molecule has 2 saturated heterocycles. The first-order valence-corrected chi connectivity index (χ1v) is 7.45. The molecule has 0 spiro atoms. The van der Waals surface area contributed by atoms with E-state index in [9.17, 15) is 14.7 Å². The third kappa shape index (κ3) is 2.50. The normalized spacial score (nSPS) is 26.3. The average Bonchev–Trinajstić information content (AvgIpc) is 3.16. The average molecular weight is 308 g/mol. The zero-order chi connectivity index (χ0) is 15.7. The van der Waals surface area contributed by atoms with Crippen molar-refractivity contribution in [1.29, 1.82) is 0 Å². The molecule has 1 unspecified atom stereocenters. The molecule has 1 N–H and O–H groups in total. The Balaban J connectivity index is 1.65. The van der Waals surface area contributed by atoms with Crippen molar-refractivity contribution in [2.75, 3.05) is 39.4 Å². The summed E-state index contributed by atoms with van der Waals surface area (Å²) in [5.74, 6) is 0.0595. The molecule has 1 atom stereocenters. The number of nitrogens with zero attached hydrogens (tertiary/aromatic N) is 2. The van der Waals surface area contributed by atoms with Crippen LogP contribution in [0.1, 0.15) is 22.7 Å². The lowest BCUT2D eigenvalue weighted by Gasteiger charge is -2.42. The number of aliphatic carboxylic acids is 1. The van der Waals surface area contributed by atoms with E-state index in [4.69, 9.17) is 9.15 Å². The van der Waals surface area contributed by atoms with Gasteiger partial charge < -0.3 is 19.2 Å². The van der Waals surface area contributed by atoms with Crippen LogP contribution >= 0.6 is 0 Å². The lowest BCUT2D eigenvalue weighted by Crippen LogP contribution is -2.61. The highest BCUT2D eigenvalue weighted by atomic mass is 16.5. The van der Waals surface area contributed by atoms with Gasteiger partial charge in [0.15, 0.2) is 5.76 Å². The molecule has 22 heavy (non-hydrogen) atoms. The molecule has 7 heteroatoms. The van der Waals surface area contributed by atoms with Crippen molar-refractivity contribution in [3.63, 3.8) is 0 Å². The second kappa shape index (κ2) is 5.73. The van der Waals surface area contributed by atoms with Gasteiger partial charge in [0.2, 0.25) is 0 Å². The fourth-order valence-corrected chi connectivity index (χ4v) is 3.15. The largest absolute Gasteiger partial charge is 0.480 e. The lowest BCUT2D eigenvalue weighted by atomic mass is 9.95. The summed E-state index contributed by atoms with van der Waals surface area (Å²) >= 11 is 0. The molecule has 0 bridgehead atoms. The monoisotopic (exact) mass is 308 g/mol. The number of carboxylic acid groups (broad SMARTS) is 1. The van der Waals surface area contributed by atoms with Gasteiger partial charge in [-0.2, -0.15) is 0 Å². The first-order valence-electron chi connectivity index (χ1n) is 7.45. The van der Waals surface area contributed by atoms with Crippen LogP contribution in [0.5, 0.6) is 0 Å². The standard InChI is InChI=1S/C15H20N2O5/c1-11-2-3-12(22-11)13(18)16-5-7-17(8-6-16)15(14(19)20)4-9-21-10-15/h2-3H,4-10H2,1H3,(H,19,20). The summed E-state index contributed by atoms with van der Waals surface area (Å²) in [7, 11) is 0. The molecule has 3 rings (SSSR count). The zero-order valence-corrected chi connectivity index (χ0v) is 12.6. The second-order valence-electron chi connectivity index (χ2n) is 5.83. The maximum Gasteiger partial charge on any atom is 0.326 e. The molecule has 1 amide bonds. The zero-order valence-electron chi connectivity index (χ0n) is 12.6. The first-order chi connectivity index (χ1) is 10.5. The molecular formula is C15H20N2O5. The first kappa shape index (κ1) is 15.1. The van der Waals surface area contributed by atoms with E-state index in [1.54, 1.807) is 24.0 Å². The van der Waals surface area contributed by atoms with Crippen LogP contribution in [0.3, 0.4) is 0 Å². The molecule has 1 aromatic heterocycles. The molecule has 0 saturated carbocycles. The van der Waals surface area contributed by atoms with Crippen LogP contribution in [0, 0.1) is 6.92 Å². The lowest BCUT2D eigenvalue weighted by molar-refractivity contribution is -0.152. The van der Waals surface area contributed by atoms with Gasteiger partial charge >= 0.3 is 5.97 Å². The summed E-state index contributed by atoms with van der Waals surface area (Å²) in [6.45, 7) is 4.53. The third-order valence-electron chi connectivity index (χ3n) is 4.52. The van der Waals surface area contributed by atoms with Crippen LogP contribution < -0.4 is 0 Å². The molecule has 7 nitrogen and oxygen atoms in total. The van der Waals surface area contributed by atoms with E-state index in [1.807, 2.05) is 4.90 Å². The van der Waals surface area contributed by atoms with Gasteiger partial charge in [0.1, 0.15) is 11.3 Å². The molecule has 2 aliphatic rings. The van der Waals surface area contributed by atoms with E-state index in [-0.39, 0.29) is 12.5 Å². The Morgan fingerprint density at radius 2 is 1.95 bits per heavy atom. The Bertz CT molecular complexity index is 568. The van der Waals surface area contributed by atoms with Crippen molar-refractivity contribution >= 4 is 11.9 Å². The summed E-state index contributed by atoms with van der Waals surface area (Å²) in [6.07, 6.45) is 0.494. The summed E-state index contributed by atoms with van der Waals surface area (Å²) in [6, 6.07) is 3.44. The Morgan fingerprint density at radius 1 is 1.23 bits per heavy atom. The number of hydrogen-bond donors (Lipinski definition) is 1. The van der Waals surface area contributed by atoms with Crippen molar-refractivity contribution in [1.82, 2.24) is 9.80 Å². The van der Waals surface area contributed by atoms with Crippen molar-refractivity contribution in [2.24, 2.45) is 0 Å². The Morgan fingerprint density at radius 3 is 2.45 bits per heavy atom. The van der Waals surface area contributed by atoms with Crippen LogP contribution in [-0.4, -0.2) is 71.7 Å². The Labute approximate surface area is 128 Å². The quantitative estimate of drug-likeness (QED) is 0.880. The predicted molar refractivity (Wildman–Crippen MR) is 76.7 cm³/mol. The molecule has 2 fully saturated rings. The molecular weight excluding hydrogens is 288 g/mol. The number of piperazine rings is 1. The minimum Gasteiger partial charge on any atom is -0.480 e. The molecule has 0 radical (unpaired) electrons. The fraction of sp³-hybridized carbons (Fsp3) is 0.600. The number of furan rings is 1. The van der Waals surface area contributed by atoms with Gasteiger partial charge in [0.25, 0.3) is 5.91 Å². The molecule has 0 aliphatic carbocycles. The third-order valence-corrected chi connectivity index (χ3v) is 4.52.